The molecule has 3 N–H and O–H groups in total. The molecule has 0 aliphatic heterocycles. The summed E-state index contributed by atoms with van der Waals surface area (Å²) in [5.74, 6) is -0.840. The number of H-pyrrole nitrogens is 1. The minimum atomic E-state index is -1.05. The Hall–Kier alpha value is -6.23. The van der Waals surface area contributed by atoms with Gasteiger partial charge in [0.15, 0.2) is 5.78 Å². The van der Waals surface area contributed by atoms with Crippen LogP contribution in [0.1, 0.15) is 41.3 Å². The molecule has 0 saturated carbocycles. The Bertz CT molecular complexity index is 2030. The fourth-order valence-corrected chi connectivity index (χ4v) is 5.08. The monoisotopic (exact) mass is 664 g/mol. The van der Waals surface area contributed by atoms with Crippen LogP contribution in [0.15, 0.2) is 102 Å². The quantitative estimate of drug-likeness (QED) is 0.107. The second kappa shape index (κ2) is 17.1. The maximum Gasteiger partial charge on any atom is 0.308 e. The molecule has 1 heterocycles. The smallest absolute Gasteiger partial charge is 0.308 e. The van der Waals surface area contributed by atoms with E-state index < -0.39 is 11.9 Å². The summed E-state index contributed by atoms with van der Waals surface area (Å²) in [7, 11) is 3.09. The highest BCUT2D eigenvalue weighted by Gasteiger charge is 2.18. The summed E-state index contributed by atoms with van der Waals surface area (Å²) in [5, 5.41) is 12.6. The van der Waals surface area contributed by atoms with E-state index in [4.69, 9.17) is 19.3 Å². The lowest BCUT2D eigenvalue weighted by atomic mass is 9.94. The van der Waals surface area contributed by atoms with Crippen molar-refractivity contribution in [1.29, 1.82) is 0 Å². The number of carbonyl (C=O) groups excluding carboxylic acids is 3. The van der Waals surface area contributed by atoms with Gasteiger partial charge < -0.3 is 29.6 Å². The number of ether oxygens (including phenoxy) is 3. The molecule has 4 aromatic carbocycles. The minimum absolute atomic E-state index is 0.00826. The maximum atomic E-state index is 12.8. The van der Waals surface area contributed by atoms with Crippen molar-refractivity contribution in [3.05, 3.63) is 124 Å². The molecule has 252 valence electrons. The number of amides is 1. The molecule has 0 aliphatic carbocycles. The third-order valence-electron chi connectivity index (χ3n) is 7.35. The van der Waals surface area contributed by atoms with Crippen molar-refractivity contribution >= 4 is 40.2 Å². The summed E-state index contributed by atoms with van der Waals surface area (Å²) in [6.45, 7) is 1.98. The van der Waals surface area contributed by atoms with Crippen molar-refractivity contribution < 1.29 is 38.5 Å². The molecule has 11 heteroatoms. The fourth-order valence-electron chi connectivity index (χ4n) is 5.08. The van der Waals surface area contributed by atoms with Crippen molar-refractivity contribution in [3.8, 4) is 22.6 Å². The number of pyridine rings is 1. The zero-order valence-electron chi connectivity index (χ0n) is 27.3. The van der Waals surface area contributed by atoms with Gasteiger partial charge in [-0.05, 0) is 55.0 Å². The maximum absolute atomic E-state index is 12.8. The van der Waals surface area contributed by atoms with Crippen molar-refractivity contribution in [2.45, 2.75) is 26.2 Å². The normalized spacial score (nSPS) is 10.3. The van der Waals surface area contributed by atoms with Gasteiger partial charge in [-0.2, -0.15) is 0 Å². The first kappa shape index (κ1) is 35.6. The van der Waals surface area contributed by atoms with Crippen molar-refractivity contribution in [2.24, 2.45) is 0 Å². The molecule has 0 atom stereocenters. The number of benzene rings is 4. The van der Waals surface area contributed by atoms with Crippen molar-refractivity contribution in [2.75, 3.05) is 26.1 Å². The fraction of sp³-hybridized carbons (Fsp3) is 0.184. The summed E-state index contributed by atoms with van der Waals surface area (Å²) in [4.78, 5) is 62.5. The van der Waals surface area contributed by atoms with E-state index >= 15 is 0 Å². The standard InChI is InChI=1S/C20H21NO5.C18H15NO4/c1-3-26-19(23)12-11-18(22)21-17-10-5-4-9-16(17)20(24)14-7-6-8-15(13-14)25-2;1-23-12-6-4-5-11(9-12)17-13-7-2-3-8-15(13)19-18(22)14(17)10-16(20)21/h4-10,13H,3,11-12H2,1-2H3,(H,21,22);2-9H,10H2,1H3,(H,19,22)(H,20,21). The molecule has 11 nitrogen and oxygen atoms in total. The number of carboxylic acids is 1. The molecule has 0 aliphatic rings. The number of nitrogens with one attached hydrogen (secondary N) is 2. The summed E-state index contributed by atoms with van der Waals surface area (Å²) in [6, 6.07) is 28.1. The predicted molar refractivity (Wildman–Crippen MR) is 185 cm³/mol. The zero-order chi connectivity index (χ0) is 35.3. The van der Waals surface area contributed by atoms with Crippen LogP contribution in [0, 0.1) is 0 Å². The summed E-state index contributed by atoms with van der Waals surface area (Å²) >= 11 is 0. The van der Waals surface area contributed by atoms with E-state index in [0.717, 1.165) is 10.9 Å². The first-order valence-corrected chi connectivity index (χ1v) is 15.4. The highest BCUT2D eigenvalue weighted by Crippen LogP contribution is 2.32. The number of hydrogen-bond donors (Lipinski definition) is 3. The number of carbonyl (C=O) groups is 4. The number of aromatic nitrogens is 1. The van der Waals surface area contributed by atoms with Crippen LogP contribution in [0.25, 0.3) is 22.0 Å². The van der Waals surface area contributed by atoms with Gasteiger partial charge in [-0.25, -0.2) is 0 Å². The molecule has 0 unspecified atom stereocenters. The van der Waals surface area contributed by atoms with Gasteiger partial charge in [-0.3, -0.25) is 24.0 Å². The predicted octanol–water partition coefficient (Wildman–Crippen LogP) is 6.04. The van der Waals surface area contributed by atoms with Gasteiger partial charge in [0.25, 0.3) is 5.56 Å². The van der Waals surface area contributed by atoms with Crippen LogP contribution in [0.2, 0.25) is 0 Å². The van der Waals surface area contributed by atoms with Crippen LogP contribution in [0.4, 0.5) is 5.69 Å². The number of para-hydroxylation sites is 2. The number of aliphatic carboxylic acids is 1. The molecule has 0 bridgehead atoms. The molecule has 0 saturated heterocycles. The average Bonchev–Trinajstić information content (AvgIpc) is 3.11. The lowest BCUT2D eigenvalue weighted by molar-refractivity contribution is -0.144. The van der Waals surface area contributed by atoms with E-state index in [0.29, 0.717) is 39.4 Å². The Labute approximate surface area is 282 Å². The summed E-state index contributed by atoms with van der Waals surface area (Å²) in [5.41, 5.74) is 3.13. The highest BCUT2D eigenvalue weighted by molar-refractivity contribution is 6.14. The Morgan fingerprint density at radius 2 is 1.47 bits per heavy atom. The van der Waals surface area contributed by atoms with Crippen LogP contribution in [-0.4, -0.2) is 54.5 Å². The van der Waals surface area contributed by atoms with E-state index in [1.165, 1.54) is 7.11 Å². The largest absolute Gasteiger partial charge is 0.497 e. The van der Waals surface area contributed by atoms with Crippen LogP contribution in [-0.2, 0) is 25.5 Å². The number of anilines is 1. The average molecular weight is 665 g/mol. The summed E-state index contributed by atoms with van der Waals surface area (Å²) in [6.07, 6.45) is -0.362. The van der Waals surface area contributed by atoms with E-state index in [2.05, 4.69) is 10.3 Å². The van der Waals surface area contributed by atoms with Gasteiger partial charge in [0.1, 0.15) is 11.5 Å². The number of fused-ring (bicyclic) bond motifs is 1. The number of rotatable bonds is 12. The van der Waals surface area contributed by atoms with Crippen molar-refractivity contribution in [1.82, 2.24) is 4.98 Å². The minimum Gasteiger partial charge on any atom is -0.497 e. The molecule has 49 heavy (non-hydrogen) atoms. The number of aromatic amines is 1. The lowest BCUT2D eigenvalue weighted by Crippen LogP contribution is -2.18. The Kier molecular flexibility index (Phi) is 12.4. The molecule has 1 aromatic heterocycles. The first-order chi connectivity index (χ1) is 23.6. The van der Waals surface area contributed by atoms with Crippen LogP contribution >= 0.6 is 0 Å². The molecular formula is C38H36N2O9. The number of methoxy groups -OCH3 is 2. The van der Waals surface area contributed by atoms with Gasteiger partial charge in [0, 0.05) is 39.6 Å². The Morgan fingerprint density at radius 1 is 0.796 bits per heavy atom. The van der Waals surface area contributed by atoms with E-state index in [1.807, 2.05) is 30.3 Å². The third kappa shape index (κ3) is 9.41. The third-order valence-corrected chi connectivity index (χ3v) is 7.35. The second-order valence-corrected chi connectivity index (χ2v) is 10.6. The van der Waals surface area contributed by atoms with Gasteiger partial charge >= 0.3 is 11.9 Å². The Balaban J connectivity index is 0.000000222. The topological polar surface area (TPSA) is 161 Å². The van der Waals surface area contributed by atoms with Crippen LogP contribution in [0.3, 0.4) is 0 Å². The zero-order valence-corrected chi connectivity index (χ0v) is 27.3. The molecular weight excluding hydrogens is 628 g/mol. The SMILES string of the molecule is CCOC(=O)CCC(=O)Nc1ccccc1C(=O)c1cccc(OC)c1.COc1cccc(-c2c(CC(=O)O)c(=O)[nH]c3ccccc23)c1. The molecule has 5 rings (SSSR count). The molecule has 0 spiro atoms. The van der Waals surface area contributed by atoms with Gasteiger partial charge in [0.05, 0.1) is 39.4 Å². The first-order valence-electron chi connectivity index (χ1n) is 15.4. The van der Waals surface area contributed by atoms with E-state index in [9.17, 15) is 24.0 Å². The van der Waals surface area contributed by atoms with Crippen LogP contribution < -0.4 is 20.3 Å². The summed E-state index contributed by atoms with van der Waals surface area (Å²) < 4.78 is 15.2. The van der Waals surface area contributed by atoms with E-state index in [-0.39, 0.29) is 48.7 Å². The molecule has 5 aromatic rings. The number of carboxylic acid groups (broad SMARTS) is 1. The van der Waals surface area contributed by atoms with Gasteiger partial charge in [-0.15, -0.1) is 0 Å². The van der Waals surface area contributed by atoms with Crippen molar-refractivity contribution in [3.63, 3.8) is 0 Å². The number of ketones is 1. The second-order valence-electron chi connectivity index (χ2n) is 10.6. The number of esters is 1. The lowest BCUT2D eigenvalue weighted by Gasteiger charge is -2.12. The molecule has 0 fully saturated rings. The molecule has 0 radical (unpaired) electrons. The van der Waals surface area contributed by atoms with Gasteiger partial charge in [0.2, 0.25) is 5.91 Å². The van der Waals surface area contributed by atoms with Crippen LogP contribution in [0.5, 0.6) is 11.5 Å². The van der Waals surface area contributed by atoms with E-state index in [1.54, 1.807) is 80.8 Å². The molecule has 1 amide bonds. The highest BCUT2D eigenvalue weighted by atomic mass is 16.5. The van der Waals surface area contributed by atoms with Gasteiger partial charge in [-0.1, -0.05) is 54.6 Å². The Morgan fingerprint density at radius 3 is 2.18 bits per heavy atom. The number of hydrogen-bond acceptors (Lipinski definition) is 8.